The van der Waals surface area contributed by atoms with E-state index >= 15 is 0 Å². The first-order valence-electron chi connectivity index (χ1n) is 7.73. The number of hydrogen-bond donors (Lipinski definition) is 1. The molecule has 0 aliphatic heterocycles. The number of rotatable bonds is 8. The fourth-order valence-corrected chi connectivity index (χ4v) is 2.89. The second kappa shape index (κ2) is 8.15. The van der Waals surface area contributed by atoms with E-state index in [1.54, 1.807) is 7.11 Å². The molecule has 0 aliphatic carbocycles. The third-order valence-electron chi connectivity index (χ3n) is 4.08. The summed E-state index contributed by atoms with van der Waals surface area (Å²) in [7, 11) is 3.94. The van der Waals surface area contributed by atoms with Crippen LogP contribution in [0.15, 0.2) is 18.2 Å². The summed E-state index contributed by atoms with van der Waals surface area (Å²) in [6, 6.07) is 7.17. The number of nitrogens with one attached hydrogen (secondary N) is 1. The van der Waals surface area contributed by atoms with E-state index in [2.05, 4.69) is 57.1 Å². The van der Waals surface area contributed by atoms with E-state index < -0.39 is 0 Å². The Balaban J connectivity index is 3.23. The van der Waals surface area contributed by atoms with Crippen LogP contribution in [0.2, 0.25) is 0 Å². The molecular weight excluding hydrogens is 248 g/mol. The lowest BCUT2D eigenvalue weighted by molar-refractivity contribution is 0.402. The van der Waals surface area contributed by atoms with Gasteiger partial charge in [-0.1, -0.05) is 26.8 Å². The number of benzene rings is 1. The first-order chi connectivity index (χ1) is 9.60. The van der Waals surface area contributed by atoms with Gasteiger partial charge in [0.2, 0.25) is 0 Å². The summed E-state index contributed by atoms with van der Waals surface area (Å²) in [6.07, 6.45) is 2.30. The highest BCUT2D eigenvalue weighted by molar-refractivity contribution is 5.61. The van der Waals surface area contributed by atoms with Gasteiger partial charge >= 0.3 is 0 Å². The highest BCUT2D eigenvalue weighted by atomic mass is 16.5. The van der Waals surface area contributed by atoms with E-state index in [4.69, 9.17) is 4.74 Å². The summed E-state index contributed by atoms with van der Waals surface area (Å²) in [6.45, 7) is 9.78. The maximum Gasteiger partial charge on any atom is 0.125 e. The van der Waals surface area contributed by atoms with E-state index in [0.717, 1.165) is 25.1 Å². The molecule has 0 aliphatic rings. The summed E-state index contributed by atoms with van der Waals surface area (Å²) >= 11 is 0. The fraction of sp³-hybridized carbons (Fsp3) is 0.647. The highest BCUT2D eigenvalue weighted by Crippen LogP contribution is 2.35. The van der Waals surface area contributed by atoms with Crippen LogP contribution >= 0.6 is 0 Å². The van der Waals surface area contributed by atoms with Crippen molar-refractivity contribution in [2.75, 3.05) is 25.6 Å². The molecule has 1 atom stereocenters. The Bertz CT molecular complexity index is 402. The van der Waals surface area contributed by atoms with Gasteiger partial charge in [-0.25, -0.2) is 0 Å². The number of hydrogen-bond acceptors (Lipinski definition) is 3. The van der Waals surface area contributed by atoms with Crippen LogP contribution in [0.4, 0.5) is 5.69 Å². The Labute approximate surface area is 124 Å². The third-order valence-corrected chi connectivity index (χ3v) is 4.08. The lowest BCUT2D eigenvalue weighted by Crippen LogP contribution is -2.32. The molecule has 1 rings (SSSR count). The van der Waals surface area contributed by atoms with Gasteiger partial charge < -0.3 is 15.0 Å². The van der Waals surface area contributed by atoms with Gasteiger partial charge in [0, 0.05) is 30.4 Å². The van der Waals surface area contributed by atoms with Gasteiger partial charge in [0.1, 0.15) is 5.75 Å². The average Bonchev–Trinajstić information content (AvgIpc) is 2.47. The molecule has 20 heavy (non-hydrogen) atoms. The van der Waals surface area contributed by atoms with Gasteiger partial charge in [-0.15, -0.1) is 0 Å². The maximum absolute atomic E-state index is 5.58. The molecule has 0 saturated heterocycles. The lowest BCUT2D eigenvalue weighted by Gasteiger charge is -2.32. The van der Waals surface area contributed by atoms with Gasteiger partial charge in [0.25, 0.3) is 0 Å². The Morgan fingerprint density at radius 2 is 1.85 bits per heavy atom. The Hall–Kier alpha value is -1.22. The third kappa shape index (κ3) is 3.66. The summed E-state index contributed by atoms with van der Waals surface area (Å²) in [5.74, 6) is 0.966. The van der Waals surface area contributed by atoms with E-state index in [1.165, 1.54) is 11.3 Å². The molecule has 0 amide bonds. The minimum atomic E-state index is 0.281. The molecule has 0 radical (unpaired) electrons. The first-order valence-corrected chi connectivity index (χ1v) is 7.73. The van der Waals surface area contributed by atoms with E-state index in [0.29, 0.717) is 6.04 Å². The van der Waals surface area contributed by atoms with Gasteiger partial charge in [-0.3, -0.25) is 0 Å². The molecule has 0 fully saturated rings. The minimum Gasteiger partial charge on any atom is -0.496 e. The van der Waals surface area contributed by atoms with Crippen LogP contribution in [0, 0.1) is 0 Å². The van der Waals surface area contributed by atoms with Gasteiger partial charge in [0.05, 0.1) is 7.11 Å². The molecule has 3 heteroatoms. The van der Waals surface area contributed by atoms with Crippen LogP contribution in [0.3, 0.4) is 0 Å². The largest absolute Gasteiger partial charge is 0.496 e. The van der Waals surface area contributed by atoms with Gasteiger partial charge in [-0.2, -0.15) is 0 Å². The Morgan fingerprint density at radius 1 is 1.20 bits per heavy atom. The zero-order valence-electron chi connectivity index (χ0n) is 13.9. The smallest absolute Gasteiger partial charge is 0.125 e. The normalized spacial score (nSPS) is 12.6. The summed E-state index contributed by atoms with van der Waals surface area (Å²) in [5.41, 5.74) is 2.53. The summed E-state index contributed by atoms with van der Waals surface area (Å²) in [4.78, 5) is 2.39. The van der Waals surface area contributed by atoms with Crippen LogP contribution < -0.4 is 15.0 Å². The fourth-order valence-electron chi connectivity index (χ4n) is 2.89. The van der Waals surface area contributed by atoms with Gasteiger partial charge in [0.15, 0.2) is 0 Å². The molecule has 0 heterocycles. The second-order valence-corrected chi connectivity index (χ2v) is 5.25. The van der Waals surface area contributed by atoms with E-state index in [9.17, 15) is 0 Å². The van der Waals surface area contributed by atoms with Crippen LogP contribution in [0.5, 0.6) is 5.75 Å². The SMILES string of the molecule is CCNC(C)c1c(OC)cccc1N(C)C(CC)CC. The number of ether oxygens (including phenoxy) is 1. The van der Waals surface area contributed by atoms with Crippen molar-refractivity contribution >= 4 is 5.69 Å². The standard InChI is InChI=1S/C17H30N2O/c1-7-14(8-2)19(5)15-11-10-12-16(20-6)17(15)13(4)18-9-3/h10-14,18H,7-9H2,1-6H3. The van der Waals surface area contributed by atoms with E-state index in [1.807, 2.05) is 6.07 Å². The molecule has 1 N–H and O–H groups in total. The highest BCUT2D eigenvalue weighted by Gasteiger charge is 2.20. The monoisotopic (exact) mass is 278 g/mol. The number of anilines is 1. The van der Waals surface area contributed by atoms with Gasteiger partial charge in [-0.05, 0) is 38.4 Å². The molecule has 0 saturated carbocycles. The van der Waals surface area contributed by atoms with Crippen molar-refractivity contribution in [3.63, 3.8) is 0 Å². The molecule has 1 unspecified atom stereocenters. The van der Waals surface area contributed by atoms with Crippen LogP contribution in [0.1, 0.15) is 52.1 Å². The predicted octanol–water partition coefficient (Wildman–Crippen LogP) is 3.99. The topological polar surface area (TPSA) is 24.5 Å². The average molecular weight is 278 g/mol. The van der Waals surface area contributed by atoms with Crippen LogP contribution in [-0.2, 0) is 0 Å². The molecule has 0 bridgehead atoms. The molecule has 1 aromatic rings. The Kier molecular flexibility index (Phi) is 6.86. The van der Waals surface area contributed by atoms with E-state index in [-0.39, 0.29) is 6.04 Å². The molecule has 3 nitrogen and oxygen atoms in total. The summed E-state index contributed by atoms with van der Waals surface area (Å²) in [5, 5.41) is 3.50. The predicted molar refractivity (Wildman–Crippen MR) is 87.9 cm³/mol. The molecular formula is C17H30N2O. The van der Waals surface area contributed by atoms with Crippen LogP contribution in [-0.4, -0.2) is 26.7 Å². The molecule has 0 aromatic heterocycles. The van der Waals surface area contributed by atoms with Crippen molar-refractivity contribution in [1.82, 2.24) is 5.32 Å². The number of methoxy groups -OCH3 is 1. The van der Waals surface area contributed by atoms with Crippen molar-refractivity contribution in [2.24, 2.45) is 0 Å². The van der Waals surface area contributed by atoms with Crippen molar-refractivity contribution in [3.05, 3.63) is 23.8 Å². The second-order valence-electron chi connectivity index (χ2n) is 5.25. The molecule has 0 spiro atoms. The number of nitrogens with zero attached hydrogens (tertiary/aromatic N) is 1. The zero-order valence-corrected chi connectivity index (χ0v) is 13.9. The summed E-state index contributed by atoms with van der Waals surface area (Å²) < 4.78 is 5.58. The Morgan fingerprint density at radius 3 is 2.35 bits per heavy atom. The van der Waals surface area contributed by atoms with Crippen LogP contribution in [0.25, 0.3) is 0 Å². The van der Waals surface area contributed by atoms with Crippen molar-refractivity contribution in [1.29, 1.82) is 0 Å². The van der Waals surface area contributed by atoms with Crippen molar-refractivity contribution in [3.8, 4) is 5.75 Å². The quantitative estimate of drug-likeness (QED) is 0.778. The first kappa shape index (κ1) is 16.8. The maximum atomic E-state index is 5.58. The zero-order chi connectivity index (χ0) is 15.1. The molecule has 114 valence electrons. The lowest BCUT2D eigenvalue weighted by atomic mass is 10.0. The van der Waals surface area contributed by atoms with Crippen molar-refractivity contribution in [2.45, 2.75) is 52.6 Å². The molecule has 1 aromatic carbocycles. The van der Waals surface area contributed by atoms with Crippen molar-refractivity contribution < 1.29 is 4.74 Å². The minimum absolute atomic E-state index is 0.281.